The molecule has 0 atom stereocenters. The van der Waals surface area contributed by atoms with Crippen molar-refractivity contribution in [3.05, 3.63) is 59.7 Å². The van der Waals surface area contributed by atoms with Crippen molar-refractivity contribution in [3.63, 3.8) is 0 Å². The molecule has 0 heterocycles. The van der Waals surface area contributed by atoms with E-state index in [4.69, 9.17) is 9.47 Å². The molecule has 0 aromatic heterocycles. The van der Waals surface area contributed by atoms with E-state index in [0.717, 1.165) is 0 Å². The van der Waals surface area contributed by atoms with Crippen LogP contribution in [0.5, 0.6) is 11.5 Å². The number of benzene rings is 2. The highest BCUT2D eigenvalue weighted by molar-refractivity contribution is 5.89. The summed E-state index contributed by atoms with van der Waals surface area (Å²) in [4.78, 5) is 23.2. The van der Waals surface area contributed by atoms with Crippen molar-refractivity contribution in [1.29, 1.82) is 0 Å². The lowest BCUT2D eigenvalue weighted by Gasteiger charge is -2.06. The number of ether oxygens (including phenoxy) is 2. The molecule has 0 saturated heterocycles. The molecule has 2 rings (SSSR count). The Balaban J connectivity index is 1.80. The van der Waals surface area contributed by atoms with Crippen LogP contribution in [0.1, 0.15) is 22.8 Å². The second-order valence-electron chi connectivity index (χ2n) is 4.89. The number of amides is 1. The van der Waals surface area contributed by atoms with E-state index < -0.39 is 11.9 Å². The fourth-order valence-corrected chi connectivity index (χ4v) is 1.85. The first-order chi connectivity index (χ1) is 12.1. The third-order valence-electron chi connectivity index (χ3n) is 3.07. The van der Waals surface area contributed by atoms with Gasteiger partial charge in [0.2, 0.25) is 0 Å². The Labute approximate surface area is 144 Å². The van der Waals surface area contributed by atoms with Gasteiger partial charge in [-0.05, 0) is 43.3 Å². The average Bonchev–Trinajstić information content (AvgIpc) is 2.62. The van der Waals surface area contributed by atoms with Gasteiger partial charge in [-0.3, -0.25) is 4.79 Å². The molecule has 25 heavy (non-hydrogen) atoms. The third kappa shape index (κ3) is 5.65. The summed E-state index contributed by atoms with van der Waals surface area (Å²) in [6, 6.07) is 12.9. The Bertz CT molecular complexity index is 756. The van der Waals surface area contributed by atoms with Gasteiger partial charge in [-0.15, -0.1) is 0 Å². The van der Waals surface area contributed by atoms with Crippen LogP contribution in [0.25, 0.3) is 0 Å². The van der Waals surface area contributed by atoms with Gasteiger partial charge in [-0.2, -0.15) is 5.10 Å². The summed E-state index contributed by atoms with van der Waals surface area (Å²) in [7, 11) is 0. The molecule has 0 radical (unpaired) electrons. The van der Waals surface area contributed by atoms with Gasteiger partial charge in [-0.1, -0.05) is 12.1 Å². The predicted molar refractivity (Wildman–Crippen MR) is 91.7 cm³/mol. The highest BCUT2D eigenvalue weighted by atomic mass is 16.5. The quantitative estimate of drug-likeness (QED) is 0.456. The Hall–Kier alpha value is -3.35. The summed E-state index contributed by atoms with van der Waals surface area (Å²) in [6.07, 6.45) is 1.33. The molecule has 2 N–H and O–H groups in total. The normalized spacial score (nSPS) is 10.4. The van der Waals surface area contributed by atoms with Gasteiger partial charge in [0, 0.05) is 5.56 Å². The zero-order valence-electron chi connectivity index (χ0n) is 13.6. The van der Waals surface area contributed by atoms with E-state index in [1.807, 2.05) is 0 Å². The summed E-state index contributed by atoms with van der Waals surface area (Å²) in [5, 5.41) is 13.3. The number of carbonyl (C=O) groups excluding carboxylic acids is 2. The first kappa shape index (κ1) is 18.0. The van der Waals surface area contributed by atoms with Crippen molar-refractivity contribution in [3.8, 4) is 11.5 Å². The minimum atomic E-state index is -0.457. The number of hydrazone groups is 1. The molecule has 130 valence electrons. The van der Waals surface area contributed by atoms with Crippen LogP contribution in [0.15, 0.2) is 53.6 Å². The molecule has 7 heteroatoms. The van der Waals surface area contributed by atoms with Gasteiger partial charge in [0.25, 0.3) is 5.91 Å². The molecule has 0 aliphatic heterocycles. The molecule has 0 aliphatic rings. The molecule has 0 fully saturated rings. The molecule has 7 nitrogen and oxygen atoms in total. The van der Waals surface area contributed by atoms with E-state index in [0.29, 0.717) is 23.5 Å². The Morgan fingerprint density at radius 3 is 2.56 bits per heavy atom. The van der Waals surface area contributed by atoms with E-state index in [9.17, 15) is 14.7 Å². The van der Waals surface area contributed by atoms with Gasteiger partial charge < -0.3 is 14.6 Å². The molecule has 0 bridgehead atoms. The van der Waals surface area contributed by atoms with Gasteiger partial charge in [-0.25, -0.2) is 10.2 Å². The maximum atomic E-state index is 11.7. The molecule has 0 aliphatic carbocycles. The van der Waals surface area contributed by atoms with Gasteiger partial charge in [0.1, 0.15) is 11.5 Å². The van der Waals surface area contributed by atoms with Crippen molar-refractivity contribution >= 4 is 18.1 Å². The minimum Gasteiger partial charge on any atom is -0.507 e. The van der Waals surface area contributed by atoms with Gasteiger partial charge in [0.05, 0.1) is 18.4 Å². The van der Waals surface area contributed by atoms with Crippen molar-refractivity contribution < 1.29 is 24.2 Å². The number of nitrogens with one attached hydrogen (secondary N) is 1. The Kier molecular flexibility index (Phi) is 6.53. The highest BCUT2D eigenvalue weighted by Gasteiger charge is 2.07. The summed E-state index contributed by atoms with van der Waals surface area (Å²) in [5.41, 5.74) is 3.19. The number of esters is 1. The number of hydrogen-bond donors (Lipinski definition) is 2. The maximum Gasteiger partial charge on any atom is 0.338 e. The largest absolute Gasteiger partial charge is 0.507 e. The molecular formula is C18H18N2O5. The number of nitrogens with zero attached hydrogens (tertiary/aromatic N) is 1. The Morgan fingerprint density at radius 2 is 1.88 bits per heavy atom. The number of rotatable bonds is 7. The molecule has 0 unspecified atom stereocenters. The number of para-hydroxylation sites is 1. The van der Waals surface area contributed by atoms with Crippen molar-refractivity contribution in [2.75, 3.05) is 13.2 Å². The topological polar surface area (TPSA) is 97.2 Å². The third-order valence-corrected chi connectivity index (χ3v) is 3.07. The summed E-state index contributed by atoms with van der Waals surface area (Å²) in [6.45, 7) is 1.80. The van der Waals surface area contributed by atoms with Crippen LogP contribution in [0.2, 0.25) is 0 Å². The summed E-state index contributed by atoms with van der Waals surface area (Å²) >= 11 is 0. The van der Waals surface area contributed by atoms with Gasteiger partial charge in [0.15, 0.2) is 6.61 Å². The van der Waals surface area contributed by atoms with Crippen LogP contribution in [0.3, 0.4) is 0 Å². The monoisotopic (exact) mass is 342 g/mol. The maximum absolute atomic E-state index is 11.7. The number of aromatic hydroxyl groups is 1. The minimum absolute atomic E-state index is 0.0680. The molecule has 2 aromatic rings. The van der Waals surface area contributed by atoms with E-state index >= 15 is 0 Å². The van der Waals surface area contributed by atoms with Crippen LogP contribution in [-0.4, -0.2) is 36.4 Å². The average molecular weight is 342 g/mol. The van der Waals surface area contributed by atoms with Crippen molar-refractivity contribution in [1.82, 2.24) is 5.43 Å². The molecule has 2 aromatic carbocycles. The Morgan fingerprint density at radius 1 is 1.16 bits per heavy atom. The van der Waals surface area contributed by atoms with Crippen LogP contribution in [0, 0.1) is 0 Å². The molecule has 0 saturated carbocycles. The van der Waals surface area contributed by atoms with E-state index in [1.54, 1.807) is 49.4 Å². The first-order valence-electron chi connectivity index (χ1n) is 7.60. The second kappa shape index (κ2) is 9.07. The van der Waals surface area contributed by atoms with Crippen molar-refractivity contribution in [2.45, 2.75) is 6.92 Å². The van der Waals surface area contributed by atoms with Crippen LogP contribution < -0.4 is 10.2 Å². The van der Waals surface area contributed by atoms with E-state index in [-0.39, 0.29) is 12.4 Å². The van der Waals surface area contributed by atoms with E-state index in [2.05, 4.69) is 10.5 Å². The second-order valence-corrected chi connectivity index (χ2v) is 4.89. The lowest BCUT2D eigenvalue weighted by molar-refractivity contribution is -0.123. The molecular weight excluding hydrogens is 324 g/mol. The lowest BCUT2D eigenvalue weighted by atomic mass is 10.2. The zero-order valence-corrected chi connectivity index (χ0v) is 13.6. The number of phenolic OH excluding ortho intramolecular Hbond substituents is 1. The highest BCUT2D eigenvalue weighted by Crippen LogP contribution is 2.13. The van der Waals surface area contributed by atoms with Crippen LogP contribution >= 0.6 is 0 Å². The molecule has 0 spiro atoms. The summed E-state index contributed by atoms with van der Waals surface area (Å²) in [5.74, 6) is -0.363. The van der Waals surface area contributed by atoms with Gasteiger partial charge >= 0.3 is 5.97 Å². The number of phenols is 1. The zero-order chi connectivity index (χ0) is 18.1. The SMILES string of the molecule is CCOC(=O)c1ccc(OCC(=O)N/N=C/c2ccccc2O)cc1. The standard InChI is InChI=1S/C18H18N2O5/c1-2-24-18(23)13-7-9-15(10-8-13)25-12-17(22)20-19-11-14-5-3-4-6-16(14)21/h3-11,21H,2,12H2,1H3,(H,20,22)/b19-11+. The first-order valence-corrected chi connectivity index (χ1v) is 7.60. The van der Waals surface area contributed by atoms with Crippen LogP contribution in [-0.2, 0) is 9.53 Å². The van der Waals surface area contributed by atoms with E-state index in [1.165, 1.54) is 12.3 Å². The van der Waals surface area contributed by atoms with Crippen LogP contribution in [0.4, 0.5) is 0 Å². The fraction of sp³-hybridized carbons (Fsp3) is 0.167. The number of hydrogen-bond acceptors (Lipinski definition) is 6. The lowest BCUT2D eigenvalue weighted by Crippen LogP contribution is -2.24. The predicted octanol–water partition coefficient (Wildman–Crippen LogP) is 2.10. The number of carbonyl (C=O) groups is 2. The molecule has 1 amide bonds. The smallest absolute Gasteiger partial charge is 0.338 e. The van der Waals surface area contributed by atoms with Crippen molar-refractivity contribution in [2.24, 2.45) is 5.10 Å². The fourth-order valence-electron chi connectivity index (χ4n) is 1.85. The summed E-state index contributed by atoms with van der Waals surface area (Å²) < 4.78 is 10.2.